The maximum Gasteiger partial charge on any atom is 0.238 e. The lowest BCUT2D eigenvalue weighted by molar-refractivity contribution is -0.117. The Labute approximate surface area is 237 Å². The number of anilines is 2. The van der Waals surface area contributed by atoms with Crippen LogP contribution in [-0.4, -0.2) is 86.8 Å². The van der Waals surface area contributed by atoms with Crippen LogP contribution in [0.5, 0.6) is 0 Å². The molecule has 0 radical (unpaired) electrons. The fraction of sp³-hybridized carbons (Fsp3) is 0.312. The van der Waals surface area contributed by atoms with Crippen molar-refractivity contribution in [2.45, 2.75) is 0 Å². The first-order valence-electron chi connectivity index (χ1n) is 14.2. The smallest absolute Gasteiger partial charge is 0.238 e. The van der Waals surface area contributed by atoms with Crippen molar-refractivity contribution in [2.75, 3.05) is 76.3 Å². The zero-order valence-corrected chi connectivity index (χ0v) is 23.1. The van der Waals surface area contributed by atoms with E-state index in [1.54, 1.807) is 6.07 Å². The number of benzene rings is 3. The van der Waals surface area contributed by atoms with Gasteiger partial charge < -0.3 is 29.3 Å². The molecule has 1 amide bonds. The molecule has 7 rings (SSSR count). The Kier molecular flexibility index (Phi) is 6.70. The first kappa shape index (κ1) is 25.8. The summed E-state index contributed by atoms with van der Waals surface area (Å²) in [5.41, 5.74) is 4.59. The Morgan fingerprint density at radius 1 is 0.902 bits per heavy atom. The molecule has 2 aliphatic heterocycles. The maximum absolute atomic E-state index is 13.2. The number of aromatic amines is 1. The average molecular weight is 552 g/mol. The van der Waals surface area contributed by atoms with E-state index < -0.39 is 0 Å². The topological polar surface area (TPSA) is 94.0 Å². The number of morpholine rings is 1. The molecule has 2 N–H and O–H groups in total. The van der Waals surface area contributed by atoms with E-state index in [1.807, 2.05) is 54.6 Å². The number of furan rings is 1. The number of likely N-dealkylation sites (N-methyl/N-ethyl adjacent to an activating group) is 1. The molecule has 0 bridgehead atoms. The van der Waals surface area contributed by atoms with Gasteiger partial charge in [-0.1, -0.05) is 30.3 Å². The molecule has 0 saturated carbocycles. The zero-order valence-electron chi connectivity index (χ0n) is 23.1. The first-order chi connectivity index (χ1) is 20.0. The summed E-state index contributed by atoms with van der Waals surface area (Å²) in [5, 5.41) is 5.57. The van der Waals surface area contributed by atoms with E-state index in [9.17, 15) is 9.59 Å². The summed E-state index contributed by atoms with van der Waals surface area (Å²) in [6, 6.07) is 19.2. The molecule has 2 saturated heterocycles. The van der Waals surface area contributed by atoms with Crippen LogP contribution >= 0.6 is 0 Å². The molecule has 0 aliphatic carbocycles. The van der Waals surface area contributed by atoms with Crippen molar-refractivity contribution in [1.29, 1.82) is 0 Å². The van der Waals surface area contributed by atoms with Crippen molar-refractivity contribution in [3.63, 3.8) is 0 Å². The summed E-state index contributed by atoms with van der Waals surface area (Å²) in [6.07, 6.45) is 0. The van der Waals surface area contributed by atoms with Crippen molar-refractivity contribution in [2.24, 2.45) is 0 Å². The van der Waals surface area contributed by atoms with Crippen LogP contribution < -0.4 is 15.6 Å². The largest absolute Gasteiger partial charge is 0.455 e. The highest BCUT2D eigenvalue weighted by molar-refractivity contribution is 6.18. The van der Waals surface area contributed by atoms with Gasteiger partial charge in [-0.15, -0.1) is 0 Å². The minimum Gasteiger partial charge on any atom is -0.455 e. The zero-order chi connectivity index (χ0) is 27.9. The maximum atomic E-state index is 13.2. The van der Waals surface area contributed by atoms with Crippen LogP contribution in [0.1, 0.15) is 0 Å². The molecule has 9 nitrogen and oxygen atoms in total. The predicted octanol–water partition coefficient (Wildman–Crippen LogP) is 4.12. The first-order valence-corrected chi connectivity index (χ1v) is 14.2. The fourth-order valence-electron chi connectivity index (χ4n) is 6.00. The number of aromatic nitrogens is 1. The summed E-state index contributed by atoms with van der Waals surface area (Å²) < 4.78 is 12.0. The number of H-pyrrole nitrogens is 1. The number of nitrogens with one attached hydrogen (secondary N) is 2. The normalized spacial score (nSPS) is 17.0. The van der Waals surface area contributed by atoms with Crippen LogP contribution in [0.3, 0.4) is 0 Å². The van der Waals surface area contributed by atoms with Gasteiger partial charge in [0, 0.05) is 67.2 Å². The highest BCUT2D eigenvalue weighted by atomic mass is 16.5. The second-order valence-electron chi connectivity index (χ2n) is 10.9. The van der Waals surface area contributed by atoms with E-state index >= 15 is 0 Å². The van der Waals surface area contributed by atoms with Gasteiger partial charge in [0.2, 0.25) is 5.91 Å². The molecule has 2 fully saturated rings. The molecular weight excluding hydrogens is 518 g/mol. The molecule has 210 valence electrons. The van der Waals surface area contributed by atoms with Crippen LogP contribution in [0.4, 0.5) is 11.5 Å². The van der Waals surface area contributed by atoms with E-state index in [2.05, 4.69) is 32.0 Å². The number of nitrogens with zero attached hydrogens (tertiary/aromatic N) is 3. The van der Waals surface area contributed by atoms with E-state index in [0.29, 0.717) is 30.7 Å². The monoisotopic (exact) mass is 551 g/mol. The lowest BCUT2D eigenvalue weighted by Crippen LogP contribution is -2.47. The minimum absolute atomic E-state index is 0.0317. The van der Waals surface area contributed by atoms with Gasteiger partial charge in [-0.2, -0.15) is 0 Å². The van der Waals surface area contributed by atoms with Gasteiger partial charge in [0.05, 0.1) is 36.3 Å². The lowest BCUT2D eigenvalue weighted by atomic mass is 9.98. The lowest BCUT2D eigenvalue weighted by Gasteiger charge is -2.31. The van der Waals surface area contributed by atoms with Crippen molar-refractivity contribution >= 4 is 50.3 Å². The number of rotatable bonds is 5. The standard InChI is InChI=1S/C32H33N5O4/c1-35-11-13-36(14-12-35)20-29(39)33-25-10-9-22(32-30(25)24-5-2-3-8-27(24)41-32)21-6-4-7-23-26(38)19-28(34-31(21)23)37-15-17-40-18-16-37/h2-10,19H,11-18,20H2,1H3,(H,33,39)(H,34,38). The fourth-order valence-corrected chi connectivity index (χ4v) is 6.00. The number of hydrogen-bond acceptors (Lipinski definition) is 7. The Balaban J connectivity index is 1.33. The van der Waals surface area contributed by atoms with Gasteiger partial charge in [-0.05, 0) is 31.3 Å². The Bertz CT molecular complexity index is 1810. The van der Waals surface area contributed by atoms with Gasteiger partial charge in [0.15, 0.2) is 5.43 Å². The van der Waals surface area contributed by atoms with Gasteiger partial charge >= 0.3 is 0 Å². The molecule has 0 unspecified atom stereocenters. The summed E-state index contributed by atoms with van der Waals surface area (Å²) >= 11 is 0. The minimum atomic E-state index is -0.0430. The van der Waals surface area contributed by atoms with Crippen LogP contribution in [0, 0.1) is 0 Å². The van der Waals surface area contributed by atoms with E-state index in [0.717, 1.165) is 83.8 Å². The molecule has 0 spiro atoms. The third-order valence-electron chi connectivity index (χ3n) is 8.26. The van der Waals surface area contributed by atoms with Gasteiger partial charge in [-0.25, -0.2) is 0 Å². The number of para-hydroxylation sites is 2. The summed E-state index contributed by atoms with van der Waals surface area (Å²) in [4.78, 5) is 36.6. The van der Waals surface area contributed by atoms with Crippen LogP contribution in [0.15, 0.2) is 69.9 Å². The number of carbonyl (C=O) groups is 1. The molecule has 9 heteroatoms. The van der Waals surface area contributed by atoms with Crippen molar-refractivity contribution in [3.05, 3.63) is 70.9 Å². The molecular formula is C32H33N5O4. The summed E-state index contributed by atoms with van der Waals surface area (Å²) in [7, 11) is 2.11. The Morgan fingerprint density at radius 2 is 1.68 bits per heavy atom. The molecule has 4 heterocycles. The van der Waals surface area contributed by atoms with Crippen LogP contribution in [0.2, 0.25) is 0 Å². The number of piperazine rings is 1. The number of amides is 1. The molecule has 2 aromatic heterocycles. The summed E-state index contributed by atoms with van der Waals surface area (Å²) in [5.74, 6) is 0.741. The third-order valence-corrected chi connectivity index (χ3v) is 8.26. The average Bonchev–Trinajstić information content (AvgIpc) is 3.39. The van der Waals surface area contributed by atoms with Crippen LogP contribution in [0.25, 0.3) is 44.0 Å². The second kappa shape index (κ2) is 10.7. The highest BCUT2D eigenvalue weighted by Gasteiger charge is 2.22. The van der Waals surface area contributed by atoms with Gasteiger partial charge in [-0.3, -0.25) is 14.5 Å². The van der Waals surface area contributed by atoms with Gasteiger partial charge in [0.25, 0.3) is 0 Å². The number of pyridine rings is 1. The summed E-state index contributed by atoms with van der Waals surface area (Å²) in [6.45, 7) is 6.71. The van der Waals surface area contributed by atoms with Gasteiger partial charge in [0.1, 0.15) is 17.0 Å². The van der Waals surface area contributed by atoms with E-state index in [-0.39, 0.29) is 11.3 Å². The number of fused-ring (bicyclic) bond motifs is 4. The Hall–Kier alpha value is -4.18. The molecule has 3 aromatic carbocycles. The molecule has 41 heavy (non-hydrogen) atoms. The van der Waals surface area contributed by atoms with Crippen LogP contribution in [-0.2, 0) is 9.53 Å². The van der Waals surface area contributed by atoms with E-state index in [1.165, 1.54) is 0 Å². The highest BCUT2D eigenvalue weighted by Crippen LogP contribution is 2.41. The molecule has 0 atom stereocenters. The third kappa shape index (κ3) is 4.86. The number of carbonyl (C=O) groups excluding carboxylic acids is 1. The number of ether oxygens (including phenoxy) is 1. The number of hydrogen-bond donors (Lipinski definition) is 2. The van der Waals surface area contributed by atoms with Crippen molar-refractivity contribution in [1.82, 2.24) is 14.8 Å². The van der Waals surface area contributed by atoms with Crippen molar-refractivity contribution < 1.29 is 13.9 Å². The predicted molar refractivity (Wildman–Crippen MR) is 163 cm³/mol. The molecule has 2 aliphatic rings. The second-order valence-corrected chi connectivity index (χ2v) is 10.9. The van der Waals surface area contributed by atoms with E-state index in [4.69, 9.17) is 9.15 Å². The Morgan fingerprint density at radius 3 is 2.51 bits per heavy atom. The SMILES string of the molecule is CN1CCN(CC(=O)Nc2ccc(-c3cccc4c(=O)cc(N5CCOCC5)[nH]c34)c3oc4ccccc4c23)CC1. The quantitative estimate of drug-likeness (QED) is 0.340. The van der Waals surface area contributed by atoms with Crippen molar-refractivity contribution in [3.8, 4) is 11.1 Å². The molecule has 5 aromatic rings.